The van der Waals surface area contributed by atoms with Crippen LogP contribution < -0.4 is 20.2 Å². The van der Waals surface area contributed by atoms with Gasteiger partial charge in [0.15, 0.2) is 6.61 Å². The Morgan fingerprint density at radius 1 is 1.18 bits per heavy atom. The van der Waals surface area contributed by atoms with Gasteiger partial charge in [0.2, 0.25) is 11.2 Å². The first-order chi connectivity index (χ1) is 19.0. The lowest BCUT2D eigenvalue weighted by Crippen LogP contribution is -2.20. The van der Waals surface area contributed by atoms with Crippen LogP contribution in [0.5, 0.6) is 17.2 Å². The molecule has 0 radical (unpaired) electrons. The van der Waals surface area contributed by atoms with Crippen molar-refractivity contribution in [3.8, 4) is 23.3 Å². The Labute approximate surface area is 234 Å². The molecule has 2 heterocycles. The summed E-state index contributed by atoms with van der Waals surface area (Å²) in [7, 11) is 0. The molecule has 0 fully saturated rings. The van der Waals surface area contributed by atoms with E-state index in [-0.39, 0.29) is 16.9 Å². The third kappa shape index (κ3) is 5.24. The summed E-state index contributed by atoms with van der Waals surface area (Å²) < 4.78 is 57.7. The molecule has 0 saturated heterocycles. The Morgan fingerprint density at radius 2 is 1.90 bits per heavy atom. The van der Waals surface area contributed by atoms with Crippen LogP contribution in [0.25, 0.3) is 11.0 Å². The van der Waals surface area contributed by atoms with Crippen molar-refractivity contribution in [2.24, 2.45) is 0 Å². The molecule has 1 amide bonds. The van der Waals surface area contributed by atoms with Gasteiger partial charge in [0.25, 0.3) is 11.7 Å². The third-order valence-electron chi connectivity index (χ3n) is 6.37. The van der Waals surface area contributed by atoms with Crippen LogP contribution in [0.15, 0.2) is 39.5 Å². The molecular weight excluding hydrogens is 569 g/mol. The number of alkyl halides is 3. The number of nitrogens with zero attached hydrogens (tertiary/aromatic N) is 1. The summed E-state index contributed by atoms with van der Waals surface area (Å²) in [6.07, 6.45) is -2.44. The summed E-state index contributed by atoms with van der Waals surface area (Å²) in [4.78, 5) is 26.7. The van der Waals surface area contributed by atoms with E-state index in [1.54, 1.807) is 13.8 Å². The number of carbonyl (C=O) groups is 1. The summed E-state index contributed by atoms with van der Waals surface area (Å²) in [5.41, 5.74) is 1.10. The number of benzene rings is 2. The van der Waals surface area contributed by atoms with Gasteiger partial charge >= 0.3 is 6.18 Å². The average Bonchev–Trinajstić information content (AvgIpc) is 3.47. The molecule has 2 aromatic heterocycles. The topological polar surface area (TPSA) is 102 Å². The number of hydrogen-bond acceptors (Lipinski definition) is 7. The molecule has 5 rings (SSSR count). The lowest BCUT2D eigenvalue weighted by Gasteiger charge is -2.15. The number of nitrogens with one attached hydrogen (secondary N) is 1. The molecule has 4 aromatic rings. The minimum absolute atomic E-state index is 0.00181. The van der Waals surface area contributed by atoms with E-state index in [4.69, 9.17) is 25.5 Å². The Kier molecular flexibility index (Phi) is 7.25. The Hall–Kier alpha value is -4.01. The Balaban J connectivity index is 1.40. The third-order valence-corrected chi connectivity index (χ3v) is 8.17. The van der Waals surface area contributed by atoms with Crippen LogP contribution in [0.2, 0.25) is 5.02 Å². The summed E-state index contributed by atoms with van der Waals surface area (Å²) in [6, 6.07) is 8.64. The SMILES string of the molecule is Cc1cc(Oc2c(C(F)(F)F)oc3cc(OCC(=O)Nc4sc5c(c4C#N)CCC5)ccc3c2=O)cc(C)c1Cl. The van der Waals surface area contributed by atoms with Crippen molar-refractivity contribution in [3.05, 3.63) is 78.5 Å². The molecule has 206 valence electrons. The molecule has 0 bridgehead atoms. The lowest BCUT2D eigenvalue weighted by molar-refractivity contribution is -0.154. The van der Waals surface area contributed by atoms with Gasteiger partial charge in [-0.15, -0.1) is 11.3 Å². The quantitative estimate of drug-likeness (QED) is 0.253. The maximum absolute atomic E-state index is 13.9. The number of thiophene rings is 1. The summed E-state index contributed by atoms with van der Waals surface area (Å²) in [6.45, 7) is 2.84. The van der Waals surface area contributed by atoms with Crippen LogP contribution in [-0.4, -0.2) is 12.5 Å². The predicted octanol–water partition coefficient (Wildman–Crippen LogP) is 7.31. The Bertz CT molecular complexity index is 1750. The summed E-state index contributed by atoms with van der Waals surface area (Å²) in [5, 5.41) is 12.8. The number of carbonyl (C=O) groups excluding carboxylic acids is 1. The minimum atomic E-state index is -5.05. The predicted molar refractivity (Wildman–Crippen MR) is 144 cm³/mol. The highest BCUT2D eigenvalue weighted by molar-refractivity contribution is 7.16. The van der Waals surface area contributed by atoms with Gasteiger partial charge in [-0.05, 0) is 74.1 Å². The zero-order valence-electron chi connectivity index (χ0n) is 21.1. The van der Waals surface area contributed by atoms with Crippen molar-refractivity contribution < 1.29 is 31.9 Å². The molecule has 1 aliphatic carbocycles. The molecule has 2 aromatic carbocycles. The van der Waals surface area contributed by atoms with E-state index in [0.717, 1.165) is 35.8 Å². The highest BCUT2D eigenvalue weighted by atomic mass is 35.5. The van der Waals surface area contributed by atoms with Gasteiger partial charge in [-0.2, -0.15) is 18.4 Å². The number of amides is 1. The monoisotopic (exact) mass is 588 g/mol. The molecule has 0 atom stereocenters. The Morgan fingerprint density at radius 3 is 2.58 bits per heavy atom. The average molecular weight is 589 g/mol. The van der Waals surface area contributed by atoms with Crippen LogP contribution >= 0.6 is 22.9 Å². The number of halogens is 4. The molecule has 40 heavy (non-hydrogen) atoms. The largest absolute Gasteiger partial charge is 0.484 e. The van der Waals surface area contributed by atoms with Gasteiger partial charge in [0, 0.05) is 16.0 Å². The highest BCUT2D eigenvalue weighted by Gasteiger charge is 2.40. The number of rotatable bonds is 6. The number of aryl methyl sites for hydroxylation is 3. The van der Waals surface area contributed by atoms with E-state index in [2.05, 4.69) is 11.4 Å². The number of anilines is 1. The minimum Gasteiger partial charge on any atom is -0.484 e. The van der Waals surface area contributed by atoms with Crippen molar-refractivity contribution in [3.63, 3.8) is 0 Å². The van der Waals surface area contributed by atoms with Gasteiger partial charge in [0.1, 0.15) is 28.2 Å². The van der Waals surface area contributed by atoms with Crippen LogP contribution in [0.1, 0.15) is 39.3 Å². The molecule has 0 saturated carbocycles. The van der Waals surface area contributed by atoms with Crippen molar-refractivity contribution in [1.29, 1.82) is 5.26 Å². The number of ether oxygens (including phenoxy) is 2. The highest BCUT2D eigenvalue weighted by Crippen LogP contribution is 2.40. The molecular formula is C28H20ClF3N2O5S. The van der Waals surface area contributed by atoms with Crippen LogP contribution in [0, 0.1) is 25.2 Å². The fraction of sp³-hybridized carbons (Fsp3) is 0.250. The van der Waals surface area contributed by atoms with E-state index in [0.29, 0.717) is 26.7 Å². The fourth-order valence-electron chi connectivity index (χ4n) is 4.53. The maximum Gasteiger partial charge on any atom is 0.453 e. The summed E-state index contributed by atoms with van der Waals surface area (Å²) in [5.74, 6) is -3.17. The van der Waals surface area contributed by atoms with Crippen molar-refractivity contribution in [1.82, 2.24) is 0 Å². The number of fused-ring (bicyclic) bond motifs is 2. The van der Waals surface area contributed by atoms with Crippen molar-refractivity contribution >= 4 is 44.8 Å². The molecule has 7 nitrogen and oxygen atoms in total. The molecule has 0 unspecified atom stereocenters. The van der Waals surface area contributed by atoms with Crippen LogP contribution in [-0.2, 0) is 23.8 Å². The van der Waals surface area contributed by atoms with Crippen molar-refractivity contribution in [2.45, 2.75) is 39.3 Å². The smallest absolute Gasteiger partial charge is 0.453 e. The van der Waals surface area contributed by atoms with Gasteiger partial charge < -0.3 is 19.2 Å². The second-order valence-electron chi connectivity index (χ2n) is 9.23. The molecule has 0 spiro atoms. The first-order valence-electron chi connectivity index (χ1n) is 12.1. The van der Waals surface area contributed by atoms with Crippen LogP contribution in [0.3, 0.4) is 0 Å². The first kappa shape index (κ1) is 27.6. The second kappa shape index (κ2) is 10.5. The first-order valence-corrected chi connectivity index (χ1v) is 13.3. The van der Waals surface area contributed by atoms with Gasteiger partial charge in [-0.3, -0.25) is 9.59 Å². The molecule has 1 N–H and O–H groups in total. The molecule has 12 heteroatoms. The lowest BCUT2D eigenvalue weighted by atomic mass is 10.1. The standard InChI is InChI=1S/C28H20ClF3N2O5S/c1-13-8-16(9-14(2)23(13)29)38-25-24(36)18-7-6-15(10-20(18)39-26(25)28(30,31)32)37-12-22(35)34-27-19(11-33)17-4-3-5-21(17)40-27/h6-10H,3-5,12H2,1-2H3,(H,34,35). The number of nitriles is 1. The van der Waals surface area contributed by atoms with Crippen molar-refractivity contribution in [2.75, 3.05) is 11.9 Å². The van der Waals surface area contributed by atoms with E-state index < -0.39 is 41.2 Å². The second-order valence-corrected chi connectivity index (χ2v) is 10.7. The van der Waals surface area contributed by atoms with E-state index in [1.165, 1.54) is 35.6 Å². The van der Waals surface area contributed by atoms with E-state index >= 15 is 0 Å². The summed E-state index contributed by atoms with van der Waals surface area (Å²) >= 11 is 7.48. The normalized spacial score (nSPS) is 12.7. The zero-order valence-corrected chi connectivity index (χ0v) is 22.7. The van der Waals surface area contributed by atoms with Gasteiger partial charge in [-0.25, -0.2) is 0 Å². The van der Waals surface area contributed by atoms with E-state index in [1.807, 2.05) is 0 Å². The van der Waals surface area contributed by atoms with Gasteiger partial charge in [0.05, 0.1) is 10.9 Å². The van der Waals surface area contributed by atoms with Crippen LogP contribution in [0.4, 0.5) is 18.2 Å². The molecule has 0 aliphatic heterocycles. The maximum atomic E-state index is 13.9. The fourth-order valence-corrected chi connectivity index (χ4v) is 5.90. The zero-order chi connectivity index (χ0) is 28.8. The number of hydrogen-bond donors (Lipinski definition) is 1. The molecule has 1 aliphatic rings. The van der Waals surface area contributed by atoms with E-state index in [9.17, 15) is 28.0 Å². The van der Waals surface area contributed by atoms with Gasteiger partial charge in [-0.1, -0.05) is 11.6 Å².